The lowest BCUT2D eigenvalue weighted by Gasteiger charge is -2.43. The minimum Gasteiger partial charge on any atom is -0.0651 e. The highest BCUT2D eigenvalue weighted by molar-refractivity contribution is 4.86. The summed E-state index contributed by atoms with van der Waals surface area (Å²) in [6.07, 6.45) is 11.9. The molecule has 0 radical (unpaired) electrons. The first-order valence-corrected chi connectivity index (χ1v) is 9.54. The van der Waals surface area contributed by atoms with Crippen LogP contribution in [0.2, 0.25) is 0 Å². The van der Waals surface area contributed by atoms with Crippen LogP contribution in [0.1, 0.15) is 86.0 Å². The summed E-state index contributed by atoms with van der Waals surface area (Å²) in [6.45, 7) is 12.6. The molecule has 0 heterocycles. The smallest absolute Gasteiger partial charge is 0.0357 e. The van der Waals surface area contributed by atoms with Crippen molar-refractivity contribution < 1.29 is 0 Å². The van der Waals surface area contributed by atoms with Crippen LogP contribution >= 0.6 is 0 Å². The molecule has 0 spiro atoms. The number of rotatable bonds is 4. The van der Waals surface area contributed by atoms with E-state index in [1.54, 1.807) is 0 Å². The van der Waals surface area contributed by atoms with Crippen LogP contribution in [-0.2, 0) is 0 Å². The van der Waals surface area contributed by atoms with Crippen molar-refractivity contribution in [2.75, 3.05) is 0 Å². The molecule has 0 saturated heterocycles. The van der Waals surface area contributed by atoms with Crippen LogP contribution in [-0.4, -0.2) is 0 Å². The van der Waals surface area contributed by atoms with E-state index < -0.39 is 0 Å². The molecule has 0 heteroatoms. The fourth-order valence-corrected chi connectivity index (χ4v) is 5.31. The van der Waals surface area contributed by atoms with E-state index in [-0.39, 0.29) is 0 Å². The van der Waals surface area contributed by atoms with E-state index in [9.17, 15) is 0 Å². The average molecular weight is 279 g/mol. The Balaban J connectivity index is 1.89. The van der Waals surface area contributed by atoms with E-state index in [2.05, 4.69) is 34.6 Å². The Bertz CT molecular complexity index is 274. The zero-order chi connectivity index (χ0) is 14.7. The predicted octanol–water partition coefficient (Wildman–Crippen LogP) is 6.55. The molecule has 0 aromatic rings. The monoisotopic (exact) mass is 278 g/mol. The van der Waals surface area contributed by atoms with Gasteiger partial charge in [0.15, 0.2) is 0 Å². The Morgan fingerprint density at radius 1 is 0.850 bits per heavy atom. The highest BCUT2D eigenvalue weighted by atomic mass is 14.4. The Kier molecular flexibility index (Phi) is 5.99. The lowest BCUT2D eigenvalue weighted by atomic mass is 9.62. The normalized spacial score (nSPS) is 42.1. The van der Waals surface area contributed by atoms with Crippen molar-refractivity contribution in [3.05, 3.63) is 0 Å². The summed E-state index contributed by atoms with van der Waals surface area (Å²) in [6, 6.07) is 0. The first kappa shape index (κ1) is 16.4. The first-order chi connectivity index (χ1) is 9.54. The summed E-state index contributed by atoms with van der Waals surface area (Å²) >= 11 is 0. The van der Waals surface area contributed by atoms with Gasteiger partial charge in [-0.05, 0) is 60.7 Å². The van der Waals surface area contributed by atoms with Gasteiger partial charge in [0, 0.05) is 0 Å². The maximum Gasteiger partial charge on any atom is -0.0357 e. The van der Waals surface area contributed by atoms with E-state index in [4.69, 9.17) is 0 Å². The second kappa shape index (κ2) is 7.32. The van der Waals surface area contributed by atoms with Crippen molar-refractivity contribution in [2.45, 2.75) is 86.0 Å². The Hall–Kier alpha value is 0. The molecule has 0 aromatic heterocycles. The first-order valence-electron chi connectivity index (χ1n) is 9.54. The van der Waals surface area contributed by atoms with Gasteiger partial charge in [0.25, 0.3) is 0 Å². The molecular weight excluding hydrogens is 240 g/mol. The van der Waals surface area contributed by atoms with Gasteiger partial charge >= 0.3 is 0 Å². The third-order valence-electron chi connectivity index (χ3n) is 7.49. The van der Waals surface area contributed by atoms with Crippen molar-refractivity contribution in [2.24, 2.45) is 41.4 Å². The molecule has 0 bridgehead atoms. The van der Waals surface area contributed by atoms with Gasteiger partial charge in [0.1, 0.15) is 0 Å². The molecule has 0 aliphatic heterocycles. The van der Waals surface area contributed by atoms with Crippen LogP contribution in [0.4, 0.5) is 0 Å². The third kappa shape index (κ3) is 3.60. The number of hydrogen-bond acceptors (Lipinski definition) is 0. The number of hydrogen-bond donors (Lipinski definition) is 0. The predicted molar refractivity (Wildman–Crippen MR) is 89.7 cm³/mol. The maximum atomic E-state index is 2.58. The topological polar surface area (TPSA) is 0 Å². The van der Waals surface area contributed by atoms with Crippen molar-refractivity contribution >= 4 is 0 Å². The summed E-state index contributed by atoms with van der Waals surface area (Å²) in [5.74, 6) is 6.87. The molecule has 20 heavy (non-hydrogen) atoms. The van der Waals surface area contributed by atoms with E-state index in [1.165, 1.54) is 51.4 Å². The quantitative estimate of drug-likeness (QED) is 0.547. The lowest BCUT2D eigenvalue weighted by molar-refractivity contribution is 0.0665. The van der Waals surface area contributed by atoms with Gasteiger partial charge in [0.2, 0.25) is 0 Å². The van der Waals surface area contributed by atoms with Gasteiger partial charge in [-0.25, -0.2) is 0 Å². The second-order valence-corrected chi connectivity index (χ2v) is 8.34. The van der Waals surface area contributed by atoms with Gasteiger partial charge < -0.3 is 0 Å². The van der Waals surface area contributed by atoms with Gasteiger partial charge in [-0.3, -0.25) is 0 Å². The van der Waals surface area contributed by atoms with Crippen LogP contribution in [0.5, 0.6) is 0 Å². The zero-order valence-corrected chi connectivity index (χ0v) is 14.7. The molecule has 0 aromatic carbocycles. The SMILES string of the molecule is CCC1CCC(C(C)C(C)C2CCCC(C)C2C)CC1. The minimum absolute atomic E-state index is 0.941. The largest absolute Gasteiger partial charge is 0.0651 e. The highest BCUT2D eigenvalue weighted by Crippen LogP contribution is 2.45. The highest BCUT2D eigenvalue weighted by Gasteiger charge is 2.36. The third-order valence-corrected chi connectivity index (χ3v) is 7.49. The Morgan fingerprint density at radius 2 is 1.50 bits per heavy atom. The van der Waals surface area contributed by atoms with Gasteiger partial charge in [0.05, 0.1) is 0 Å². The molecule has 5 atom stereocenters. The van der Waals surface area contributed by atoms with Crippen LogP contribution in [0, 0.1) is 41.4 Å². The zero-order valence-electron chi connectivity index (χ0n) is 14.7. The van der Waals surface area contributed by atoms with E-state index in [1.807, 2.05) is 0 Å². The molecule has 0 amide bonds. The van der Waals surface area contributed by atoms with Crippen molar-refractivity contribution in [1.82, 2.24) is 0 Å². The summed E-state index contributed by atoms with van der Waals surface area (Å²) in [5.41, 5.74) is 0. The van der Waals surface area contributed by atoms with E-state index in [0.717, 1.165) is 41.4 Å². The summed E-state index contributed by atoms with van der Waals surface area (Å²) in [4.78, 5) is 0. The standard InChI is InChI=1S/C20H38/c1-6-18-10-12-19(13-11-18)16(4)17(5)20-9-7-8-14(2)15(20)3/h14-20H,6-13H2,1-5H3. The lowest BCUT2D eigenvalue weighted by Crippen LogP contribution is -2.35. The van der Waals surface area contributed by atoms with Crippen molar-refractivity contribution in [3.63, 3.8) is 0 Å². The molecule has 2 saturated carbocycles. The summed E-state index contributed by atoms with van der Waals surface area (Å²) < 4.78 is 0. The summed E-state index contributed by atoms with van der Waals surface area (Å²) in [5, 5.41) is 0. The molecule has 118 valence electrons. The van der Waals surface area contributed by atoms with Gasteiger partial charge in [-0.1, -0.05) is 66.7 Å². The van der Waals surface area contributed by atoms with Crippen LogP contribution in [0.15, 0.2) is 0 Å². The Morgan fingerprint density at radius 3 is 2.10 bits per heavy atom. The Labute approximate surface area is 128 Å². The molecule has 2 aliphatic carbocycles. The van der Waals surface area contributed by atoms with Crippen LogP contribution < -0.4 is 0 Å². The molecule has 2 aliphatic rings. The minimum atomic E-state index is 0.941. The molecule has 5 unspecified atom stereocenters. The molecule has 2 rings (SSSR count). The van der Waals surface area contributed by atoms with Crippen LogP contribution in [0.3, 0.4) is 0 Å². The fraction of sp³-hybridized carbons (Fsp3) is 1.00. The van der Waals surface area contributed by atoms with E-state index >= 15 is 0 Å². The van der Waals surface area contributed by atoms with Crippen molar-refractivity contribution in [3.8, 4) is 0 Å². The molecule has 0 nitrogen and oxygen atoms in total. The molecule has 0 N–H and O–H groups in total. The maximum absolute atomic E-state index is 2.58. The second-order valence-electron chi connectivity index (χ2n) is 8.34. The summed E-state index contributed by atoms with van der Waals surface area (Å²) in [7, 11) is 0. The van der Waals surface area contributed by atoms with Crippen molar-refractivity contribution in [1.29, 1.82) is 0 Å². The van der Waals surface area contributed by atoms with Crippen LogP contribution in [0.25, 0.3) is 0 Å². The molecule has 2 fully saturated rings. The van der Waals surface area contributed by atoms with E-state index in [0.29, 0.717) is 0 Å². The fourth-order valence-electron chi connectivity index (χ4n) is 5.31. The van der Waals surface area contributed by atoms with Gasteiger partial charge in [-0.2, -0.15) is 0 Å². The average Bonchev–Trinajstić information content (AvgIpc) is 2.48. The van der Waals surface area contributed by atoms with Gasteiger partial charge in [-0.15, -0.1) is 0 Å². The molecular formula is C20H38.